The third-order valence-corrected chi connectivity index (χ3v) is 7.92. The lowest BCUT2D eigenvalue weighted by molar-refractivity contribution is -0.116. The van der Waals surface area contributed by atoms with Gasteiger partial charge in [-0.25, -0.2) is 0 Å². The number of benzene rings is 4. The molecule has 0 fully saturated rings. The minimum absolute atomic E-state index is 0.0353. The first-order valence-corrected chi connectivity index (χ1v) is 14.9. The summed E-state index contributed by atoms with van der Waals surface area (Å²) in [5.74, 6) is -0.0211. The van der Waals surface area contributed by atoms with Gasteiger partial charge in [0, 0.05) is 21.8 Å². The number of nitrogens with one attached hydrogen (secondary N) is 3. The molecule has 4 aromatic rings. The van der Waals surface area contributed by atoms with Gasteiger partial charge in [0.25, 0.3) is 11.8 Å². The molecule has 0 spiro atoms. The molecule has 0 saturated heterocycles. The van der Waals surface area contributed by atoms with E-state index in [9.17, 15) is 14.4 Å². The van der Waals surface area contributed by atoms with Crippen LogP contribution < -0.4 is 25.4 Å². The predicted molar refractivity (Wildman–Crippen MR) is 176 cm³/mol. The Morgan fingerprint density at radius 2 is 1.50 bits per heavy atom. The molecule has 0 aliphatic heterocycles. The van der Waals surface area contributed by atoms with Gasteiger partial charge in [0.15, 0.2) is 11.5 Å². The first-order chi connectivity index (χ1) is 21.3. The van der Waals surface area contributed by atoms with Crippen LogP contribution in [0.25, 0.3) is 6.08 Å². The average molecular weight is 610 g/mol. The number of carbonyl (C=O) groups excluding carboxylic acids is 3. The summed E-state index contributed by atoms with van der Waals surface area (Å²) in [5.41, 5.74) is 3.39. The minimum atomic E-state index is -0.518. The summed E-state index contributed by atoms with van der Waals surface area (Å²) in [6, 6.07) is 28.8. The summed E-state index contributed by atoms with van der Waals surface area (Å²) in [6.45, 7) is 3.93. The van der Waals surface area contributed by atoms with Crippen LogP contribution in [0.3, 0.4) is 0 Å². The highest BCUT2D eigenvalue weighted by atomic mass is 32.2. The van der Waals surface area contributed by atoms with E-state index in [1.807, 2.05) is 56.3 Å². The summed E-state index contributed by atoms with van der Waals surface area (Å²) in [4.78, 5) is 40.4. The molecule has 0 aromatic heterocycles. The molecule has 0 bridgehead atoms. The lowest BCUT2D eigenvalue weighted by Crippen LogP contribution is -2.30. The van der Waals surface area contributed by atoms with Crippen molar-refractivity contribution in [2.24, 2.45) is 0 Å². The Morgan fingerprint density at radius 1 is 0.795 bits per heavy atom. The molecule has 3 amide bonds. The van der Waals surface area contributed by atoms with Gasteiger partial charge in [-0.3, -0.25) is 14.4 Å². The van der Waals surface area contributed by atoms with Crippen LogP contribution >= 0.6 is 11.8 Å². The third kappa shape index (κ3) is 8.75. The molecule has 9 heteroatoms. The van der Waals surface area contributed by atoms with Crippen LogP contribution in [-0.2, 0) is 9.59 Å². The van der Waals surface area contributed by atoms with Crippen molar-refractivity contribution in [1.29, 1.82) is 0 Å². The largest absolute Gasteiger partial charge is 0.493 e. The molecular formula is C35H35N3O5S. The SMILES string of the molecule is CCC(Sc1cccc(NC(=O)/C(=C\c2ccc(OC)c(OC)c2)NC(=O)c2ccccc2)c1)C(=O)Nc1cccc(C)c1. The van der Waals surface area contributed by atoms with Gasteiger partial charge >= 0.3 is 0 Å². The van der Waals surface area contributed by atoms with Crippen molar-refractivity contribution in [2.75, 3.05) is 24.9 Å². The fraction of sp³-hybridized carbons (Fsp3) is 0.171. The summed E-state index contributed by atoms with van der Waals surface area (Å²) < 4.78 is 10.7. The highest BCUT2D eigenvalue weighted by Gasteiger charge is 2.20. The van der Waals surface area contributed by atoms with Crippen LogP contribution in [-0.4, -0.2) is 37.2 Å². The first kappa shape index (κ1) is 31.9. The van der Waals surface area contributed by atoms with Crippen LogP contribution in [0.1, 0.15) is 34.8 Å². The Labute approximate surface area is 261 Å². The number of carbonyl (C=O) groups is 3. The minimum Gasteiger partial charge on any atom is -0.493 e. The molecule has 4 rings (SSSR count). The Bertz CT molecular complexity index is 1660. The normalized spacial score (nSPS) is 11.7. The molecule has 0 aliphatic carbocycles. The Balaban J connectivity index is 1.54. The number of anilines is 2. The molecule has 4 aromatic carbocycles. The number of hydrogen-bond acceptors (Lipinski definition) is 6. The van der Waals surface area contributed by atoms with Crippen LogP contribution in [0.4, 0.5) is 11.4 Å². The zero-order valence-electron chi connectivity index (χ0n) is 25.0. The van der Waals surface area contributed by atoms with Gasteiger partial charge < -0.3 is 25.4 Å². The second kappa shape index (κ2) is 15.5. The topological polar surface area (TPSA) is 106 Å². The second-order valence-corrected chi connectivity index (χ2v) is 11.1. The number of hydrogen-bond donors (Lipinski definition) is 3. The Kier molecular flexibility index (Phi) is 11.2. The van der Waals surface area contributed by atoms with Crippen LogP contribution in [0.5, 0.6) is 11.5 Å². The maximum atomic E-state index is 13.6. The number of amides is 3. The van der Waals surface area contributed by atoms with E-state index in [4.69, 9.17) is 9.47 Å². The first-order valence-electron chi connectivity index (χ1n) is 14.0. The monoisotopic (exact) mass is 609 g/mol. The molecule has 1 atom stereocenters. The Hall–Kier alpha value is -5.02. The summed E-state index contributed by atoms with van der Waals surface area (Å²) in [6.07, 6.45) is 2.18. The van der Waals surface area contributed by atoms with Crippen molar-refractivity contribution < 1.29 is 23.9 Å². The highest BCUT2D eigenvalue weighted by molar-refractivity contribution is 8.00. The molecule has 226 valence electrons. The van der Waals surface area contributed by atoms with Gasteiger partial charge in [0.1, 0.15) is 5.70 Å². The summed E-state index contributed by atoms with van der Waals surface area (Å²) in [5, 5.41) is 8.28. The van der Waals surface area contributed by atoms with Gasteiger partial charge in [-0.05, 0) is 85.1 Å². The zero-order valence-corrected chi connectivity index (χ0v) is 25.9. The molecule has 0 radical (unpaired) electrons. The van der Waals surface area contributed by atoms with Crippen molar-refractivity contribution in [2.45, 2.75) is 30.4 Å². The quantitative estimate of drug-likeness (QED) is 0.119. The van der Waals surface area contributed by atoms with Gasteiger partial charge in [0.05, 0.1) is 19.5 Å². The summed E-state index contributed by atoms with van der Waals surface area (Å²) >= 11 is 1.41. The maximum Gasteiger partial charge on any atom is 0.272 e. The second-order valence-electron chi connectivity index (χ2n) is 9.85. The van der Waals surface area contributed by atoms with E-state index in [1.165, 1.54) is 26.0 Å². The van der Waals surface area contributed by atoms with Crippen molar-refractivity contribution in [3.05, 3.63) is 119 Å². The molecule has 3 N–H and O–H groups in total. The van der Waals surface area contributed by atoms with E-state index in [-0.39, 0.29) is 16.9 Å². The van der Waals surface area contributed by atoms with Crippen molar-refractivity contribution >= 4 is 46.9 Å². The van der Waals surface area contributed by atoms with Crippen LogP contribution in [0.2, 0.25) is 0 Å². The zero-order chi connectivity index (χ0) is 31.5. The molecular weight excluding hydrogens is 574 g/mol. The fourth-order valence-electron chi connectivity index (χ4n) is 4.33. The van der Waals surface area contributed by atoms with Crippen molar-refractivity contribution in [1.82, 2.24) is 5.32 Å². The van der Waals surface area contributed by atoms with Crippen LogP contribution in [0, 0.1) is 6.92 Å². The van der Waals surface area contributed by atoms with E-state index >= 15 is 0 Å². The van der Waals surface area contributed by atoms with E-state index in [2.05, 4.69) is 16.0 Å². The number of aryl methyl sites for hydroxylation is 1. The number of methoxy groups -OCH3 is 2. The maximum absolute atomic E-state index is 13.6. The van der Waals surface area contributed by atoms with E-state index in [0.717, 1.165) is 16.1 Å². The van der Waals surface area contributed by atoms with Gasteiger partial charge in [-0.1, -0.05) is 49.4 Å². The molecule has 0 heterocycles. The number of thioether (sulfide) groups is 1. The van der Waals surface area contributed by atoms with Gasteiger partial charge in [-0.2, -0.15) is 0 Å². The predicted octanol–water partition coefficient (Wildman–Crippen LogP) is 6.93. The molecule has 44 heavy (non-hydrogen) atoms. The molecule has 0 aliphatic rings. The average Bonchev–Trinajstić information content (AvgIpc) is 3.03. The Morgan fingerprint density at radius 3 is 2.18 bits per heavy atom. The number of ether oxygens (including phenoxy) is 2. The fourth-order valence-corrected chi connectivity index (χ4v) is 5.34. The van der Waals surface area contributed by atoms with Crippen molar-refractivity contribution in [3.8, 4) is 11.5 Å². The van der Waals surface area contributed by atoms with E-state index < -0.39 is 11.8 Å². The van der Waals surface area contributed by atoms with E-state index in [1.54, 1.807) is 60.7 Å². The smallest absolute Gasteiger partial charge is 0.272 e. The third-order valence-electron chi connectivity index (χ3n) is 6.57. The molecule has 0 saturated carbocycles. The van der Waals surface area contributed by atoms with Gasteiger partial charge in [-0.15, -0.1) is 11.8 Å². The van der Waals surface area contributed by atoms with Gasteiger partial charge in [0.2, 0.25) is 5.91 Å². The lowest BCUT2D eigenvalue weighted by atomic mass is 10.1. The molecule has 8 nitrogen and oxygen atoms in total. The highest BCUT2D eigenvalue weighted by Crippen LogP contribution is 2.30. The molecule has 1 unspecified atom stereocenters. The lowest BCUT2D eigenvalue weighted by Gasteiger charge is -2.16. The summed E-state index contributed by atoms with van der Waals surface area (Å²) in [7, 11) is 3.06. The van der Waals surface area contributed by atoms with Crippen LogP contribution in [0.15, 0.2) is 108 Å². The number of rotatable bonds is 12. The standard InChI is InChI=1S/C35H35N3O5S/c1-5-32(35(41)37-26-14-9-11-23(2)19-26)44-28-16-10-15-27(22-28)36-34(40)29(38-33(39)25-12-7-6-8-13-25)20-24-17-18-30(42-3)31(21-24)43-4/h6-22,32H,5H2,1-4H3,(H,36,40)(H,37,41)(H,38,39)/b29-20+. The van der Waals surface area contributed by atoms with Crippen molar-refractivity contribution in [3.63, 3.8) is 0 Å². The van der Waals surface area contributed by atoms with E-state index in [0.29, 0.717) is 34.7 Å².